The fourth-order valence-corrected chi connectivity index (χ4v) is 2.16. The molecule has 0 bridgehead atoms. The Kier molecular flexibility index (Phi) is 7.19. The Bertz CT molecular complexity index is 386. The van der Waals surface area contributed by atoms with Gasteiger partial charge < -0.3 is 10.6 Å². The van der Waals surface area contributed by atoms with Crippen molar-refractivity contribution in [1.29, 1.82) is 0 Å². The Hall–Kier alpha value is -1.35. The van der Waals surface area contributed by atoms with Crippen LogP contribution in [0, 0.1) is 0 Å². The summed E-state index contributed by atoms with van der Waals surface area (Å²) in [5.74, 6) is 0.0858. The summed E-state index contributed by atoms with van der Waals surface area (Å²) in [6.07, 6.45) is 3.00. The molecule has 0 atom stereocenters. The van der Waals surface area contributed by atoms with Gasteiger partial charge in [0.15, 0.2) is 0 Å². The Balaban J connectivity index is 2.35. The zero-order chi connectivity index (χ0) is 14.1. The molecular formula is C16H26N2O. The summed E-state index contributed by atoms with van der Waals surface area (Å²) in [5.41, 5.74) is 2.62. The van der Waals surface area contributed by atoms with Gasteiger partial charge in [-0.15, -0.1) is 0 Å². The first-order chi connectivity index (χ1) is 9.21. The standard InChI is InChI=1S/C16H26N2O/c1-4-13-9-7-8-10-14(13)11-17-12-16(19)18-15(5-2)6-3/h7-10,15,17H,4-6,11-12H2,1-3H3,(H,18,19). The second kappa shape index (κ2) is 8.70. The zero-order valence-corrected chi connectivity index (χ0v) is 12.3. The molecular weight excluding hydrogens is 236 g/mol. The van der Waals surface area contributed by atoms with Crippen molar-refractivity contribution in [2.24, 2.45) is 0 Å². The van der Waals surface area contributed by atoms with Gasteiger partial charge in [0.05, 0.1) is 6.54 Å². The third kappa shape index (κ3) is 5.43. The summed E-state index contributed by atoms with van der Waals surface area (Å²) in [6.45, 7) is 7.48. The molecule has 2 N–H and O–H groups in total. The number of amides is 1. The lowest BCUT2D eigenvalue weighted by Crippen LogP contribution is -2.39. The van der Waals surface area contributed by atoms with E-state index in [4.69, 9.17) is 0 Å². The van der Waals surface area contributed by atoms with E-state index in [1.807, 2.05) is 6.07 Å². The van der Waals surface area contributed by atoms with Crippen LogP contribution in [0.25, 0.3) is 0 Å². The van der Waals surface area contributed by atoms with Crippen LogP contribution < -0.4 is 10.6 Å². The van der Waals surface area contributed by atoms with Crippen LogP contribution >= 0.6 is 0 Å². The molecule has 1 rings (SSSR count). The second-order valence-corrected chi connectivity index (χ2v) is 4.81. The molecule has 3 heteroatoms. The minimum Gasteiger partial charge on any atom is -0.352 e. The van der Waals surface area contributed by atoms with Gasteiger partial charge in [0.2, 0.25) is 5.91 Å². The van der Waals surface area contributed by atoms with Crippen molar-refractivity contribution < 1.29 is 4.79 Å². The van der Waals surface area contributed by atoms with E-state index in [-0.39, 0.29) is 5.91 Å². The van der Waals surface area contributed by atoms with Crippen LogP contribution in [0.1, 0.15) is 44.7 Å². The number of rotatable bonds is 8. The fraction of sp³-hybridized carbons (Fsp3) is 0.562. The SMILES string of the molecule is CCc1ccccc1CNCC(=O)NC(CC)CC. The van der Waals surface area contributed by atoms with E-state index < -0.39 is 0 Å². The van der Waals surface area contributed by atoms with Gasteiger partial charge in [-0.25, -0.2) is 0 Å². The molecule has 0 aliphatic carbocycles. The average molecular weight is 262 g/mol. The molecule has 0 unspecified atom stereocenters. The number of benzene rings is 1. The van der Waals surface area contributed by atoms with Gasteiger partial charge in [-0.1, -0.05) is 45.0 Å². The molecule has 0 aliphatic heterocycles. The lowest BCUT2D eigenvalue weighted by molar-refractivity contribution is -0.121. The average Bonchev–Trinajstić information content (AvgIpc) is 2.45. The van der Waals surface area contributed by atoms with E-state index in [1.165, 1.54) is 11.1 Å². The summed E-state index contributed by atoms with van der Waals surface area (Å²) < 4.78 is 0. The Morgan fingerprint density at radius 3 is 2.32 bits per heavy atom. The van der Waals surface area contributed by atoms with Crippen LogP contribution in [0.4, 0.5) is 0 Å². The van der Waals surface area contributed by atoms with Crippen molar-refractivity contribution in [1.82, 2.24) is 10.6 Å². The molecule has 1 aromatic carbocycles. The van der Waals surface area contributed by atoms with Crippen LogP contribution in [0.3, 0.4) is 0 Å². The van der Waals surface area contributed by atoms with Gasteiger partial charge in [0.25, 0.3) is 0 Å². The van der Waals surface area contributed by atoms with Gasteiger partial charge in [-0.2, -0.15) is 0 Å². The van der Waals surface area contributed by atoms with Crippen molar-refractivity contribution in [3.05, 3.63) is 35.4 Å². The molecule has 0 radical (unpaired) electrons. The van der Waals surface area contributed by atoms with Crippen LogP contribution in [0.15, 0.2) is 24.3 Å². The Morgan fingerprint density at radius 2 is 1.74 bits per heavy atom. The highest BCUT2D eigenvalue weighted by Gasteiger charge is 2.07. The van der Waals surface area contributed by atoms with Crippen molar-refractivity contribution in [2.75, 3.05) is 6.54 Å². The normalized spacial score (nSPS) is 10.7. The number of aryl methyl sites for hydroxylation is 1. The molecule has 0 fully saturated rings. The quantitative estimate of drug-likeness (QED) is 0.756. The third-order valence-corrected chi connectivity index (χ3v) is 3.45. The Labute approximate surface area is 116 Å². The summed E-state index contributed by atoms with van der Waals surface area (Å²) >= 11 is 0. The predicted molar refractivity (Wildman–Crippen MR) is 80.0 cm³/mol. The molecule has 1 amide bonds. The first-order valence-corrected chi connectivity index (χ1v) is 7.28. The van der Waals surface area contributed by atoms with Gasteiger partial charge in [-0.05, 0) is 30.4 Å². The second-order valence-electron chi connectivity index (χ2n) is 4.81. The van der Waals surface area contributed by atoms with Crippen molar-refractivity contribution in [3.63, 3.8) is 0 Å². The number of carbonyl (C=O) groups is 1. The molecule has 0 aliphatic rings. The zero-order valence-electron chi connectivity index (χ0n) is 12.3. The molecule has 0 saturated heterocycles. The Morgan fingerprint density at radius 1 is 1.11 bits per heavy atom. The summed E-state index contributed by atoms with van der Waals surface area (Å²) in [5, 5.41) is 6.25. The smallest absolute Gasteiger partial charge is 0.234 e. The molecule has 0 heterocycles. The van der Waals surface area contributed by atoms with Crippen molar-refractivity contribution >= 4 is 5.91 Å². The lowest BCUT2D eigenvalue weighted by atomic mass is 10.1. The third-order valence-electron chi connectivity index (χ3n) is 3.45. The van der Waals surface area contributed by atoms with E-state index in [2.05, 4.69) is 49.6 Å². The van der Waals surface area contributed by atoms with E-state index in [0.717, 1.165) is 25.8 Å². The molecule has 0 aromatic heterocycles. The highest BCUT2D eigenvalue weighted by atomic mass is 16.1. The minimum absolute atomic E-state index is 0.0858. The van der Waals surface area contributed by atoms with Crippen molar-refractivity contribution in [3.8, 4) is 0 Å². The maximum absolute atomic E-state index is 11.7. The fourth-order valence-electron chi connectivity index (χ4n) is 2.16. The van der Waals surface area contributed by atoms with Crippen LogP contribution in [0.5, 0.6) is 0 Å². The van der Waals surface area contributed by atoms with Gasteiger partial charge in [-0.3, -0.25) is 4.79 Å². The largest absolute Gasteiger partial charge is 0.352 e. The molecule has 19 heavy (non-hydrogen) atoms. The highest BCUT2D eigenvalue weighted by Crippen LogP contribution is 2.08. The van der Waals surface area contributed by atoms with E-state index in [9.17, 15) is 4.79 Å². The summed E-state index contributed by atoms with van der Waals surface area (Å²) in [4.78, 5) is 11.7. The summed E-state index contributed by atoms with van der Waals surface area (Å²) in [7, 11) is 0. The van der Waals surface area contributed by atoms with Crippen molar-refractivity contribution in [2.45, 2.75) is 52.6 Å². The number of hydrogen-bond donors (Lipinski definition) is 2. The molecule has 3 nitrogen and oxygen atoms in total. The first-order valence-electron chi connectivity index (χ1n) is 7.28. The molecule has 0 saturated carbocycles. The van der Waals surface area contributed by atoms with E-state index in [0.29, 0.717) is 12.6 Å². The maximum atomic E-state index is 11.7. The van der Waals surface area contributed by atoms with E-state index >= 15 is 0 Å². The van der Waals surface area contributed by atoms with Crippen LogP contribution in [0.2, 0.25) is 0 Å². The number of carbonyl (C=O) groups excluding carboxylic acids is 1. The van der Waals surface area contributed by atoms with Crippen LogP contribution in [-0.2, 0) is 17.8 Å². The molecule has 106 valence electrons. The van der Waals surface area contributed by atoms with Gasteiger partial charge in [0, 0.05) is 12.6 Å². The van der Waals surface area contributed by atoms with Gasteiger partial charge in [0.1, 0.15) is 0 Å². The predicted octanol–water partition coefficient (Wildman–Crippen LogP) is 2.64. The van der Waals surface area contributed by atoms with Crippen LogP contribution in [-0.4, -0.2) is 18.5 Å². The molecule has 1 aromatic rings. The van der Waals surface area contributed by atoms with E-state index in [1.54, 1.807) is 0 Å². The summed E-state index contributed by atoms with van der Waals surface area (Å²) in [6, 6.07) is 8.66. The van der Waals surface area contributed by atoms with Gasteiger partial charge >= 0.3 is 0 Å². The topological polar surface area (TPSA) is 41.1 Å². The monoisotopic (exact) mass is 262 g/mol. The molecule has 0 spiro atoms. The lowest BCUT2D eigenvalue weighted by Gasteiger charge is -2.15. The first kappa shape index (κ1) is 15.7. The highest BCUT2D eigenvalue weighted by molar-refractivity contribution is 5.78. The number of nitrogens with one attached hydrogen (secondary N) is 2. The minimum atomic E-state index is 0.0858. The number of hydrogen-bond acceptors (Lipinski definition) is 2. The maximum Gasteiger partial charge on any atom is 0.234 e.